The average Bonchev–Trinajstić information content (AvgIpc) is 3.40. The van der Waals surface area contributed by atoms with Gasteiger partial charge in [-0.05, 0) is 80.9 Å². The number of ether oxygens (including phenoxy) is 1. The van der Waals surface area contributed by atoms with Crippen LogP contribution in [0.2, 0.25) is 0 Å². The van der Waals surface area contributed by atoms with Crippen molar-refractivity contribution in [2.75, 3.05) is 19.6 Å². The van der Waals surface area contributed by atoms with E-state index in [-0.39, 0.29) is 0 Å². The van der Waals surface area contributed by atoms with Gasteiger partial charge in [0.05, 0.1) is 0 Å². The van der Waals surface area contributed by atoms with Gasteiger partial charge in [-0.3, -0.25) is 0 Å². The monoisotopic (exact) mass is 364 g/mol. The predicted molar refractivity (Wildman–Crippen MR) is 108 cm³/mol. The highest BCUT2D eigenvalue weighted by molar-refractivity contribution is 5.72. The number of nitrogens with zero attached hydrogens (tertiary/aromatic N) is 2. The molecule has 4 rings (SSSR count). The second-order valence-electron chi connectivity index (χ2n) is 7.54. The first-order valence-corrected chi connectivity index (χ1v) is 10.1. The van der Waals surface area contributed by atoms with Gasteiger partial charge in [-0.2, -0.15) is 4.98 Å². The molecule has 1 aliphatic carbocycles. The molecule has 0 bridgehead atoms. The molecule has 0 N–H and O–H groups in total. The number of hydrogen-bond acceptors (Lipinski definition) is 4. The number of rotatable bonds is 10. The van der Waals surface area contributed by atoms with Crippen molar-refractivity contribution in [3.8, 4) is 11.8 Å². The quantitative estimate of drug-likeness (QED) is 0.464. The van der Waals surface area contributed by atoms with Gasteiger partial charge in [0.2, 0.25) is 0 Å². The summed E-state index contributed by atoms with van der Waals surface area (Å²) in [7, 11) is 0. The molecule has 0 amide bonds. The number of aryl methyl sites for hydroxylation is 1. The molecule has 4 heteroatoms. The van der Waals surface area contributed by atoms with Crippen LogP contribution in [0.4, 0.5) is 0 Å². The highest BCUT2D eigenvalue weighted by atomic mass is 16.6. The first kappa shape index (κ1) is 18.1. The number of hydrogen-bond donors (Lipinski definition) is 0. The third-order valence-electron chi connectivity index (χ3n) is 5.10. The van der Waals surface area contributed by atoms with Gasteiger partial charge in [0.1, 0.15) is 11.3 Å². The summed E-state index contributed by atoms with van der Waals surface area (Å²) >= 11 is 0. The SMILES string of the molecule is CCCN(CCCc1ccc(Oc2nc3ccccc3o2)cc1)CC1CC1. The van der Waals surface area contributed by atoms with Crippen molar-refractivity contribution in [1.29, 1.82) is 0 Å². The number of oxazole rings is 1. The Bertz CT molecular complexity index is 819. The second-order valence-corrected chi connectivity index (χ2v) is 7.54. The fourth-order valence-electron chi connectivity index (χ4n) is 3.50. The summed E-state index contributed by atoms with van der Waals surface area (Å²) in [6, 6.07) is 16.0. The minimum absolute atomic E-state index is 0.291. The molecule has 1 saturated carbocycles. The van der Waals surface area contributed by atoms with Gasteiger partial charge >= 0.3 is 6.08 Å². The summed E-state index contributed by atoms with van der Waals surface area (Å²) < 4.78 is 11.4. The fourth-order valence-corrected chi connectivity index (χ4v) is 3.50. The zero-order valence-electron chi connectivity index (χ0n) is 16.1. The van der Waals surface area contributed by atoms with E-state index in [2.05, 4.69) is 28.9 Å². The Hall–Kier alpha value is -2.33. The molecule has 3 aromatic rings. The standard InChI is InChI=1S/C23H28N2O2/c1-2-15-25(17-19-9-10-19)16-5-6-18-11-13-20(14-12-18)26-23-24-21-7-3-4-8-22(21)27-23/h3-4,7-8,11-14,19H,2,5-6,9-10,15-17H2,1H3. The molecule has 1 heterocycles. The van der Waals surface area contributed by atoms with Crippen molar-refractivity contribution >= 4 is 11.1 Å². The lowest BCUT2D eigenvalue weighted by molar-refractivity contribution is 0.260. The molecule has 0 saturated heterocycles. The van der Waals surface area contributed by atoms with Crippen molar-refractivity contribution in [3.63, 3.8) is 0 Å². The molecule has 142 valence electrons. The van der Waals surface area contributed by atoms with E-state index in [1.54, 1.807) is 0 Å². The minimum atomic E-state index is 0.291. The Morgan fingerprint density at radius 1 is 1.07 bits per heavy atom. The normalized spacial score (nSPS) is 14.1. The summed E-state index contributed by atoms with van der Waals surface area (Å²) in [6.07, 6.45) is 6.71. The first-order valence-electron chi connectivity index (χ1n) is 10.1. The van der Waals surface area contributed by atoms with Crippen LogP contribution < -0.4 is 4.74 Å². The largest absolute Gasteiger partial charge is 0.411 e. The van der Waals surface area contributed by atoms with Crippen LogP contribution in [-0.4, -0.2) is 29.5 Å². The van der Waals surface area contributed by atoms with Crippen LogP contribution in [0.1, 0.15) is 38.2 Å². The van der Waals surface area contributed by atoms with E-state index in [0.29, 0.717) is 6.08 Å². The third-order valence-corrected chi connectivity index (χ3v) is 5.10. The van der Waals surface area contributed by atoms with Gasteiger partial charge in [0.15, 0.2) is 5.58 Å². The maximum absolute atomic E-state index is 5.76. The molecule has 0 radical (unpaired) electrons. The zero-order chi connectivity index (χ0) is 18.5. The van der Waals surface area contributed by atoms with Crippen molar-refractivity contribution in [2.45, 2.75) is 39.0 Å². The van der Waals surface area contributed by atoms with Crippen LogP contribution in [0.3, 0.4) is 0 Å². The van der Waals surface area contributed by atoms with E-state index >= 15 is 0 Å². The fraction of sp³-hybridized carbons (Fsp3) is 0.435. The Kier molecular flexibility index (Phi) is 5.73. The van der Waals surface area contributed by atoms with Gasteiger partial charge in [0.25, 0.3) is 0 Å². The van der Waals surface area contributed by atoms with E-state index < -0.39 is 0 Å². The Morgan fingerprint density at radius 2 is 1.89 bits per heavy atom. The van der Waals surface area contributed by atoms with E-state index in [4.69, 9.17) is 9.15 Å². The molecule has 0 spiro atoms. The number of para-hydroxylation sites is 2. The number of fused-ring (bicyclic) bond motifs is 1. The molecule has 4 nitrogen and oxygen atoms in total. The summed E-state index contributed by atoms with van der Waals surface area (Å²) in [6.45, 7) is 6.00. The smallest absolute Gasteiger partial charge is 0.400 e. The maximum atomic E-state index is 5.76. The van der Waals surface area contributed by atoms with Crippen LogP contribution in [0.5, 0.6) is 11.8 Å². The van der Waals surface area contributed by atoms with E-state index in [9.17, 15) is 0 Å². The van der Waals surface area contributed by atoms with Crippen LogP contribution >= 0.6 is 0 Å². The maximum Gasteiger partial charge on any atom is 0.400 e. The summed E-state index contributed by atoms with van der Waals surface area (Å²) in [4.78, 5) is 6.99. The molecule has 0 atom stereocenters. The lowest BCUT2D eigenvalue weighted by Crippen LogP contribution is -2.28. The van der Waals surface area contributed by atoms with Crippen molar-refractivity contribution in [1.82, 2.24) is 9.88 Å². The average molecular weight is 364 g/mol. The predicted octanol–water partition coefficient (Wildman–Crippen LogP) is 5.67. The van der Waals surface area contributed by atoms with Crippen molar-refractivity contribution in [2.24, 2.45) is 5.92 Å². The van der Waals surface area contributed by atoms with E-state index in [1.165, 1.54) is 50.9 Å². The molecule has 1 aromatic heterocycles. The summed E-state index contributed by atoms with van der Waals surface area (Å²) in [5.74, 6) is 1.73. The van der Waals surface area contributed by atoms with Crippen LogP contribution in [0, 0.1) is 5.92 Å². The molecule has 2 aromatic carbocycles. The zero-order valence-corrected chi connectivity index (χ0v) is 16.1. The first-order chi connectivity index (χ1) is 13.3. The molecule has 1 fully saturated rings. The van der Waals surface area contributed by atoms with E-state index in [1.807, 2.05) is 36.4 Å². The van der Waals surface area contributed by atoms with Gasteiger partial charge in [-0.25, -0.2) is 0 Å². The molecular weight excluding hydrogens is 336 g/mol. The van der Waals surface area contributed by atoms with Gasteiger partial charge in [-0.15, -0.1) is 0 Å². The van der Waals surface area contributed by atoms with Crippen molar-refractivity contribution in [3.05, 3.63) is 54.1 Å². The topological polar surface area (TPSA) is 38.5 Å². The Balaban J connectivity index is 1.27. The number of aromatic nitrogens is 1. The number of benzene rings is 2. The van der Waals surface area contributed by atoms with Gasteiger partial charge in [0, 0.05) is 6.54 Å². The Labute approximate surface area is 161 Å². The minimum Gasteiger partial charge on any atom is -0.411 e. The van der Waals surface area contributed by atoms with Crippen LogP contribution in [-0.2, 0) is 6.42 Å². The van der Waals surface area contributed by atoms with Crippen LogP contribution in [0.15, 0.2) is 52.9 Å². The second kappa shape index (κ2) is 8.57. The Morgan fingerprint density at radius 3 is 2.63 bits per heavy atom. The molecule has 0 aliphatic heterocycles. The highest BCUT2D eigenvalue weighted by Crippen LogP contribution is 2.30. The van der Waals surface area contributed by atoms with Crippen molar-refractivity contribution < 1.29 is 9.15 Å². The highest BCUT2D eigenvalue weighted by Gasteiger charge is 2.23. The molecule has 1 aliphatic rings. The van der Waals surface area contributed by atoms with Crippen LogP contribution in [0.25, 0.3) is 11.1 Å². The lowest BCUT2D eigenvalue weighted by Gasteiger charge is -2.21. The summed E-state index contributed by atoms with van der Waals surface area (Å²) in [5, 5.41) is 0. The summed E-state index contributed by atoms with van der Waals surface area (Å²) in [5.41, 5.74) is 2.90. The third kappa shape index (κ3) is 5.10. The van der Waals surface area contributed by atoms with Gasteiger partial charge < -0.3 is 14.1 Å². The molecule has 0 unspecified atom stereocenters. The molecule has 27 heavy (non-hydrogen) atoms. The van der Waals surface area contributed by atoms with E-state index in [0.717, 1.165) is 29.2 Å². The lowest BCUT2D eigenvalue weighted by atomic mass is 10.1. The molecular formula is C23H28N2O2. The van der Waals surface area contributed by atoms with Gasteiger partial charge in [-0.1, -0.05) is 31.2 Å².